The van der Waals surface area contributed by atoms with Gasteiger partial charge in [0.1, 0.15) is 6.04 Å². The molecule has 0 aliphatic carbocycles. The average molecular weight is 340 g/mol. The fraction of sp³-hybridized carbons (Fsp3) is 0.300. The number of benzene rings is 2. The Hall–Kier alpha value is -2.66. The van der Waals surface area contributed by atoms with E-state index in [1.807, 2.05) is 12.1 Å². The summed E-state index contributed by atoms with van der Waals surface area (Å²) in [5, 5.41) is 2.62. The zero-order valence-corrected chi connectivity index (χ0v) is 14.8. The van der Waals surface area contributed by atoms with Crippen LogP contribution in [0.3, 0.4) is 0 Å². The van der Waals surface area contributed by atoms with Crippen molar-refractivity contribution in [1.29, 1.82) is 0 Å². The van der Waals surface area contributed by atoms with Gasteiger partial charge in [0.15, 0.2) is 0 Å². The largest absolute Gasteiger partial charge is 0.467 e. The SMILES string of the molecule is CCc1ccc(-c2ccc(C(=O)NC(C(=O)OC)[C@@H](C)N)cc2)cc1. The Labute approximate surface area is 148 Å². The maximum atomic E-state index is 12.3. The summed E-state index contributed by atoms with van der Waals surface area (Å²) in [6.07, 6.45) is 1.00. The highest BCUT2D eigenvalue weighted by Gasteiger charge is 2.25. The van der Waals surface area contributed by atoms with Gasteiger partial charge >= 0.3 is 5.97 Å². The van der Waals surface area contributed by atoms with Crippen LogP contribution in [0.2, 0.25) is 0 Å². The number of rotatable bonds is 6. The number of carbonyl (C=O) groups excluding carboxylic acids is 2. The Bertz CT molecular complexity index is 722. The number of hydrogen-bond acceptors (Lipinski definition) is 4. The van der Waals surface area contributed by atoms with Crippen molar-refractivity contribution in [2.75, 3.05) is 7.11 Å². The number of amides is 1. The average Bonchev–Trinajstić information content (AvgIpc) is 2.65. The number of methoxy groups -OCH3 is 1. The maximum Gasteiger partial charge on any atom is 0.329 e. The van der Waals surface area contributed by atoms with Crippen molar-refractivity contribution in [3.63, 3.8) is 0 Å². The lowest BCUT2D eigenvalue weighted by Gasteiger charge is -2.19. The van der Waals surface area contributed by atoms with Gasteiger partial charge in [0.05, 0.1) is 7.11 Å². The summed E-state index contributed by atoms with van der Waals surface area (Å²) in [4.78, 5) is 24.0. The van der Waals surface area contributed by atoms with Gasteiger partial charge in [-0.15, -0.1) is 0 Å². The molecule has 0 bridgehead atoms. The van der Waals surface area contributed by atoms with E-state index < -0.39 is 18.1 Å². The van der Waals surface area contributed by atoms with E-state index in [4.69, 9.17) is 5.73 Å². The molecular formula is C20H24N2O3. The van der Waals surface area contributed by atoms with Crippen LogP contribution in [0.1, 0.15) is 29.8 Å². The van der Waals surface area contributed by atoms with Gasteiger partial charge in [-0.25, -0.2) is 4.79 Å². The number of carbonyl (C=O) groups is 2. The van der Waals surface area contributed by atoms with E-state index in [1.54, 1.807) is 19.1 Å². The minimum absolute atomic E-state index is 0.361. The second kappa shape index (κ2) is 8.44. The minimum Gasteiger partial charge on any atom is -0.467 e. The third-order valence-electron chi connectivity index (χ3n) is 4.11. The molecule has 5 heteroatoms. The Morgan fingerprint density at radius 2 is 1.56 bits per heavy atom. The summed E-state index contributed by atoms with van der Waals surface area (Å²) in [6.45, 7) is 3.76. The normalized spacial score (nSPS) is 13.0. The number of ether oxygens (including phenoxy) is 1. The van der Waals surface area contributed by atoms with Crippen molar-refractivity contribution in [2.45, 2.75) is 32.4 Å². The van der Waals surface area contributed by atoms with Crippen LogP contribution in [-0.4, -0.2) is 31.1 Å². The van der Waals surface area contributed by atoms with Crippen LogP contribution in [0.15, 0.2) is 48.5 Å². The number of nitrogens with one attached hydrogen (secondary N) is 1. The summed E-state index contributed by atoms with van der Waals surface area (Å²) < 4.78 is 4.67. The Morgan fingerprint density at radius 3 is 2.00 bits per heavy atom. The van der Waals surface area contributed by atoms with Gasteiger partial charge in [-0.3, -0.25) is 4.79 Å². The Morgan fingerprint density at radius 1 is 1.04 bits per heavy atom. The van der Waals surface area contributed by atoms with Crippen LogP contribution < -0.4 is 11.1 Å². The zero-order valence-electron chi connectivity index (χ0n) is 14.8. The molecule has 1 amide bonds. The van der Waals surface area contributed by atoms with Crippen LogP contribution in [0.25, 0.3) is 11.1 Å². The molecule has 0 aliphatic rings. The third kappa shape index (κ3) is 4.67. The minimum atomic E-state index is -0.876. The van der Waals surface area contributed by atoms with Crippen molar-refractivity contribution in [1.82, 2.24) is 5.32 Å². The molecular weight excluding hydrogens is 316 g/mol. The molecule has 0 heterocycles. The highest BCUT2D eigenvalue weighted by atomic mass is 16.5. The quantitative estimate of drug-likeness (QED) is 0.792. The molecule has 1 unspecified atom stereocenters. The lowest BCUT2D eigenvalue weighted by atomic mass is 10.0. The smallest absolute Gasteiger partial charge is 0.329 e. The highest BCUT2D eigenvalue weighted by molar-refractivity contribution is 5.97. The number of esters is 1. The lowest BCUT2D eigenvalue weighted by Crippen LogP contribution is -2.51. The van der Waals surface area contributed by atoms with Crippen LogP contribution >= 0.6 is 0 Å². The molecule has 0 aromatic heterocycles. The molecule has 0 spiro atoms. The summed E-state index contributed by atoms with van der Waals surface area (Å²) >= 11 is 0. The van der Waals surface area contributed by atoms with Crippen LogP contribution in [0.4, 0.5) is 0 Å². The van der Waals surface area contributed by atoms with E-state index in [0.29, 0.717) is 5.56 Å². The second-order valence-corrected chi connectivity index (χ2v) is 5.96. The van der Waals surface area contributed by atoms with Gasteiger partial charge in [-0.2, -0.15) is 0 Å². The molecule has 2 rings (SSSR count). The molecule has 3 N–H and O–H groups in total. The molecule has 0 saturated carbocycles. The first-order chi connectivity index (χ1) is 12.0. The summed E-state index contributed by atoms with van der Waals surface area (Å²) in [5.74, 6) is -0.920. The molecule has 0 radical (unpaired) electrons. The van der Waals surface area contributed by atoms with Crippen molar-refractivity contribution in [3.05, 3.63) is 59.7 Å². The molecule has 0 fully saturated rings. The summed E-state index contributed by atoms with van der Waals surface area (Å²) in [7, 11) is 1.27. The number of aryl methyl sites for hydroxylation is 1. The first-order valence-corrected chi connectivity index (χ1v) is 8.30. The monoisotopic (exact) mass is 340 g/mol. The fourth-order valence-corrected chi connectivity index (χ4v) is 2.50. The van der Waals surface area contributed by atoms with E-state index in [1.165, 1.54) is 12.7 Å². The summed E-state index contributed by atoms with van der Waals surface area (Å²) in [6, 6.07) is 14.1. The van der Waals surface area contributed by atoms with Crippen LogP contribution in [0.5, 0.6) is 0 Å². The van der Waals surface area contributed by atoms with Gasteiger partial charge in [-0.05, 0) is 42.2 Å². The van der Waals surface area contributed by atoms with Gasteiger partial charge in [0, 0.05) is 11.6 Å². The maximum absolute atomic E-state index is 12.3. The Kier molecular flexibility index (Phi) is 6.31. The number of hydrogen-bond donors (Lipinski definition) is 2. The first kappa shape index (κ1) is 18.7. The van der Waals surface area contributed by atoms with E-state index in [0.717, 1.165) is 17.5 Å². The topological polar surface area (TPSA) is 81.4 Å². The van der Waals surface area contributed by atoms with Gasteiger partial charge in [-0.1, -0.05) is 43.3 Å². The third-order valence-corrected chi connectivity index (χ3v) is 4.11. The van der Waals surface area contributed by atoms with Crippen LogP contribution in [-0.2, 0) is 16.0 Å². The summed E-state index contributed by atoms with van der Waals surface area (Å²) in [5.41, 5.74) is 9.61. The lowest BCUT2D eigenvalue weighted by molar-refractivity contribution is -0.143. The molecule has 0 aliphatic heterocycles. The second-order valence-electron chi connectivity index (χ2n) is 5.96. The predicted octanol–water partition coefficient (Wildman–Crippen LogP) is 2.53. The van der Waals surface area contributed by atoms with Crippen molar-refractivity contribution in [3.8, 4) is 11.1 Å². The van der Waals surface area contributed by atoms with Gasteiger partial charge in [0.2, 0.25) is 0 Å². The zero-order chi connectivity index (χ0) is 18.4. The first-order valence-electron chi connectivity index (χ1n) is 8.30. The van der Waals surface area contributed by atoms with Gasteiger partial charge < -0.3 is 15.8 Å². The number of nitrogens with two attached hydrogens (primary N) is 1. The fourth-order valence-electron chi connectivity index (χ4n) is 2.50. The van der Waals surface area contributed by atoms with Crippen molar-refractivity contribution >= 4 is 11.9 Å². The van der Waals surface area contributed by atoms with Crippen molar-refractivity contribution < 1.29 is 14.3 Å². The standard InChI is InChI=1S/C20H24N2O3/c1-4-14-5-7-15(8-6-14)16-9-11-17(12-10-16)19(23)22-18(13(2)21)20(24)25-3/h5-13,18H,4,21H2,1-3H3,(H,22,23)/t13-,18?/m1/s1. The van der Waals surface area contributed by atoms with E-state index in [2.05, 4.69) is 41.2 Å². The highest BCUT2D eigenvalue weighted by Crippen LogP contribution is 2.20. The molecule has 132 valence electrons. The van der Waals surface area contributed by atoms with E-state index in [-0.39, 0.29) is 5.91 Å². The van der Waals surface area contributed by atoms with E-state index in [9.17, 15) is 9.59 Å². The molecule has 25 heavy (non-hydrogen) atoms. The van der Waals surface area contributed by atoms with Gasteiger partial charge in [0.25, 0.3) is 5.91 Å². The molecule has 5 nitrogen and oxygen atoms in total. The van der Waals surface area contributed by atoms with E-state index >= 15 is 0 Å². The molecule has 2 aromatic rings. The van der Waals surface area contributed by atoms with Crippen molar-refractivity contribution in [2.24, 2.45) is 5.73 Å². The molecule has 0 saturated heterocycles. The Balaban J connectivity index is 2.12. The molecule has 2 aromatic carbocycles. The van der Waals surface area contributed by atoms with Crippen LogP contribution in [0, 0.1) is 0 Å². The molecule has 2 atom stereocenters. The predicted molar refractivity (Wildman–Crippen MR) is 98.2 cm³/mol.